The lowest BCUT2D eigenvalue weighted by Crippen LogP contribution is -2.35. The zero-order valence-electron chi connectivity index (χ0n) is 12.5. The third-order valence-corrected chi connectivity index (χ3v) is 3.79. The molecule has 0 aliphatic heterocycles. The molecule has 2 rings (SSSR count). The summed E-state index contributed by atoms with van der Waals surface area (Å²) in [4.78, 5) is 12.1. The molecule has 22 heavy (non-hydrogen) atoms. The lowest BCUT2D eigenvalue weighted by Gasteiger charge is -2.15. The van der Waals surface area contributed by atoms with Gasteiger partial charge < -0.3 is 14.8 Å². The van der Waals surface area contributed by atoms with E-state index in [1.54, 1.807) is 14.0 Å². The Kier molecular flexibility index (Phi) is 5.83. The van der Waals surface area contributed by atoms with Gasteiger partial charge in [0.05, 0.1) is 11.6 Å². The van der Waals surface area contributed by atoms with Crippen molar-refractivity contribution >= 4 is 21.8 Å². The Labute approximate surface area is 138 Å². The number of carbonyl (C=O) groups is 1. The first-order valence-corrected chi connectivity index (χ1v) is 7.71. The summed E-state index contributed by atoms with van der Waals surface area (Å²) < 4.78 is 11.6. The second-order valence-electron chi connectivity index (χ2n) is 4.76. The van der Waals surface area contributed by atoms with Crippen LogP contribution in [0.25, 0.3) is 0 Å². The van der Waals surface area contributed by atoms with Crippen LogP contribution in [-0.4, -0.2) is 19.1 Å². The minimum atomic E-state index is -0.572. The molecule has 1 atom stereocenters. The number of carbonyl (C=O) groups excluding carboxylic acids is 1. The molecule has 0 heterocycles. The highest BCUT2D eigenvalue weighted by Crippen LogP contribution is 2.24. The maximum absolute atomic E-state index is 12.1. The van der Waals surface area contributed by atoms with E-state index in [0.717, 1.165) is 15.8 Å². The summed E-state index contributed by atoms with van der Waals surface area (Å²) in [5.74, 6) is 1.28. The zero-order valence-corrected chi connectivity index (χ0v) is 14.1. The molecule has 0 spiro atoms. The molecule has 0 aromatic heterocycles. The third-order valence-electron chi connectivity index (χ3n) is 3.14. The van der Waals surface area contributed by atoms with Gasteiger partial charge >= 0.3 is 0 Å². The Balaban J connectivity index is 1.87. The van der Waals surface area contributed by atoms with E-state index in [9.17, 15) is 4.79 Å². The minimum absolute atomic E-state index is 0.161. The first kappa shape index (κ1) is 16.4. The lowest BCUT2D eigenvalue weighted by atomic mass is 10.2. The number of benzene rings is 2. The topological polar surface area (TPSA) is 47.6 Å². The second kappa shape index (κ2) is 7.84. The molecule has 0 aliphatic carbocycles. The van der Waals surface area contributed by atoms with Gasteiger partial charge in [-0.2, -0.15) is 0 Å². The molecule has 5 heteroatoms. The summed E-state index contributed by atoms with van der Waals surface area (Å²) >= 11 is 3.39. The molecule has 1 N–H and O–H groups in total. The number of amides is 1. The van der Waals surface area contributed by atoms with Gasteiger partial charge in [-0.25, -0.2) is 0 Å². The molecule has 1 amide bonds. The molecule has 0 bridgehead atoms. The fourth-order valence-corrected chi connectivity index (χ4v) is 2.24. The Morgan fingerprint density at radius 1 is 1.18 bits per heavy atom. The van der Waals surface area contributed by atoms with Gasteiger partial charge in [-0.15, -0.1) is 0 Å². The van der Waals surface area contributed by atoms with Crippen LogP contribution in [0.5, 0.6) is 11.5 Å². The van der Waals surface area contributed by atoms with Crippen LogP contribution in [0, 0.1) is 0 Å². The lowest BCUT2D eigenvalue weighted by molar-refractivity contribution is -0.127. The predicted molar refractivity (Wildman–Crippen MR) is 89.1 cm³/mol. The quantitative estimate of drug-likeness (QED) is 0.853. The molecule has 0 aliphatic rings. The van der Waals surface area contributed by atoms with Crippen molar-refractivity contribution in [2.75, 3.05) is 7.11 Å². The number of hydrogen-bond acceptors (Lipinski definition) is 3. The minimum Gasteiger partial charge on any atom is -0.497 e. The normalized spacial score (nSPS) is 11.6. The molecule has 0 saturated carbocycles. The van der Waals surface area contributed by atoms with E-state index in [1.807, 2.05) is 48.5 Å². The average molecular weight is 364 g/mol. The molecule has 0 radical (unpaired) electrons. The standard InChI is InChI=1S/C17H18BrNO3/c1-12(22-16-6-4-3-5-15(16)18)17(20)19-11-13-7-9-14(21-2)10-8-13/h3-10,12H,11H2,1-2H3,(H,19,20). The van der Waals surface area contributed by atoms with Gasteiger partial charge in [0.2, 0.25) is 0 Å². The Hall–Kier alpha value is -2.01. The molecule has 4 nitrogen and oxygen atoms in total. The summed E-state index contributed by atoms with van der Waals surface area (Å²) in [6.07, 6.45) is -0.572. The van der Waals surface area contributed by atoms with Crippen molar-refractivity contribution in [3.8, 4) is 11.5 Å². The van der Waals surface area contributed by atoms with Crippen molar-refractivity contribution < 1.29 is 14.3 Å². The molecule has 2 aromatic rings. The monoisotopic (exact) mass is 363 g/mol. The molecule has 1 unspecified atom stereocenters. The molecule has 2 aromatic carbocycles. The smallest absolute Gasteiger partial charge is 0.261 e. The highest BCUT2D eigenvalue weighted by Gasteiger charge is 2.15. The summed E-state index contributed by atoms with van der Waals surface area (Å²) in [7, 11) is 1.62. The van der Waals surface area contributed by atoms with Crippen LogP contribution in [-0.2, 0) is 11.3 Å². The first-order chi connectivity index (χ1) is 10.6. The maximum atomic E-state index is 12.1. The van der Waals surface area contributed by atoms with E-state index in [-0.39, 0.29) is 5.91 Å². The number of methoxy groups -OCH3 is 1. The van der Waals surface area contributed by atoms with Gasteiger partial charge in [-0.05, 0) is 52.7 Å². The van der Waals surface area contributed by atoms with Crippen LogP contribution in [0.2, 0.25) is 0 Å². The summed E-state index contributed by atoms with van der Waals surface area (Å²) in [5, 5.41) is 2.86. The van der Waals surface area contributed by atoms with Gasteiger partial charge in [-0.1, -0.05) is 24.3 Å². The van der Waals surface area contributed by atoms with Crippen molar-refractivity contribution in [3.05, 3.63) is 58.6 Å². The summed E-state index contributed by atoms with van der Waals surface area (Å²) in [6.45, 7) is 2.18. The van der Waals surface area contributed by atoms with E-state index >= 15 is 0 Å². The van der Waals surface area contributed by atoms with E-state index in [2.05, 4.69) is 21.2 Å². The maximum Gasteiger partial charge on any atom is 0.261 e. The molecule has 0 saturated heterocycles. The van der Waals surface area contributed by atoms with Crippen LogP contribution in [0.1, 0.15) is 12.5 Å². The van der Waals surface area contributed by atoms with Gasteiger partial charge in [0.25, 0.3) is 5.91 Å². The number of ether oxygens (including phenoxy) is 2. The van der Waals surface area contributed by atoms with Crippen LogP contribution in [0.15, 0.2) is 53.0 Å². The van der Waals surface area contributed by atoms with Crippen LogP contribution < -0.4 is 14.8 Å². The number of hydrogen-bond donors (Lipinski definition) is 1. The summed E-state index contributed by atoms with van der Waals surface area (Å²) in [5.41, 5.74) is 1.00. The highest BCUT2D eigenvalue weighted by molar-refractivity contribution is 9.10. The largest absolute Gasteiger partial charge is 0.497 e. The molecular weight excluding hydrogens is 346 g/mol. The van der Waals surface area contributed by atoms with Crippen LogP contribution in [0.4, 0.5) is 0 Å². The molecule has 116 valence electrons. The summed E-state index contributed by atoms with van der Waals surface area (Å²) in [6, 6.07) is 15.0. The first-order valence-electron chi connectivity index (χ1n) is 6.92. The van der Waals surface area contributed by atoms with Gasteiger partial charge in [-0.3, -0.25) is 4.79 Å². The average Bonchev–Trinajstić information content (AvgIpc) is 2.55. The van der Waals surface area contributed by atoms with Crippen molar-refractivity contribution in [2.45, 2.75) is 19.6 Å². The third kappa shape index (κ3) is 4.49. The number of rotatable bonds is 6. The highest BCUT2D eigenvalue weighted by atomic mass is 79.9. The van der Waals surface area contributed by atoms with Crippen molar-refractivity contribution in [3.63, 3.8) is 0 Å². The predicted octanol–water partition coefficient (Wildman–Crippen LogP) is 3.54. The fraction of sp³-hybridized carbons (Fsp3) is 0.235. The van der Waals surface area contributed by atoms with Crippen LogP contribution >= 0.6 is 15.9 Å². The Morgan fingerprint density at radius 2 is 1.86 bits per heavy atom. The zero-order chi connectivity index (χ0) is 15.9. The van der Waals surface area contributed by atoms with Gasteiger partial charge in [0.1, 0.15) is 11.5 Å². The second-order valence-corrected chi connectivity index (χ2v) is 5.61. The molecule has 0 fully saturated rings. The van der Waals surface area contributed by atoms with Gasteiger partial charge in [0, 0.05) is 6.54 Å². The van der Waals surface area contributed by atoms with E-state index in [1.165, 1.54) is 0 Å². The Bertz CT molecular complexity index is 628. The van der Waals surface area contributed by atoms with E-state index in [4.69, 9.17) is 9.47 Å². The van der Waals surface area contributed by atoms with E-state index < -0.39 is 6.10 Å². The SMILES string of the molecule is COc1ccc(CNC(=O)C(C)Oc2ccccc2Br)cc1. The van der Waals surface area contributed by atoms with Gasteiger partial charge in [0.15, 0.2) is 6.10 Å². The number of nitrogens with one attached hydrogen (secondary N) is 1. The van der Waals surface area contributed by atoms with Crippen LogP contribution in [0.3, 0.4) is 0 Å². The Morgan fingerprint density at radius 3 is 2.50 bits per heavy atom. The van der Waals surface area contributed by atoms with Crippen molar-refractivity contribution in [1.29, 1.82) is 0 Å². The fourth-order valence-electron chi connectivity index (χ4n) is 1.86. The number of para-hydroxylation sites is 1. The van der Waals surface area contributed by atoms with E-state index in [0.29, 0.717) is 12.3 Å². The number of halogens is 1. The van der Waals surface area contributed by atoms with Crippen molar-refractivity contribution in [2.24, 2.45) is 0 Å². The molecular formula is C17H18BrNO3. The van der Waals surface area contributed by atoms with Crippen molar-refractivity contribution in [1.82, 2.24) is 5.32 Å².